The minimum atomic E-state index is -0.785. The lowest BCUT2D eigenvalue weighted by molar-refractivity contribution is -0.386. The number of anilines is 1. The van der Waals surface area contributed by atoms with Crippen LogP contribution in [0.15, 0.2) is 42.5 Å². The van der Waals surface area contributed by atoms with Gasteiger partial charge in [0.2, 0.25) is 5.82 Å². The highest BCUT2D eigenvalue weighted by Gasteiger charge is 2.28. The van der Waals surface area contributed by atoms with E-state index in [1.807, 2.05) is 23.1 Å². The van der Waals surface area contributed by atoms with Crippen LogP contribution in [0, 0.1) is 15.9 Å². The summed E-state index contributed by atoms with van der Waals surface area (Å²) >= 11 is 0. The van der Waals surface area contributed by atoms with Crippen molar-refractivity contribution in [3.63, 3.8) is 0 Å². The quantitative estimate of drug-likeness (QED) is 0.625. The SMILES string of the molecule is COc1cccc(C2CCN(c3cccc(F)c3[N+](=O)[O-])CC2)c1. The fourth-order valence-electron chi connectivity index (χ4n) is 3.29. The maximum Gasteiger partial charge on any atom is 0.327 e. The van der Waals surface area contributed by atoms with Crippen LogP contribution in [0.1, 0.15) is 24.3 Å². The fourth-order valence-corrected chi connectivity index (χ4v) is 3.29. The van der Waals surface area contributed by atoms with Crippen molar-refractivity contribution in [3.05, 3.63) is 64.0 Å². The summed E-state index contributed by atoms with van der Waals surface area (Å²) in [6.07, 6.45) is 1.72. The van der Waals surface area contributed by atoms with E-state index in [2.05, 4.69) is 6.07 Å². The van der Waals surface area contributed by atoms with Gasteiger partial charge in [0.15, 0.2) is 0 Å². The van der Waals surface area contributed by atoms with Gasteiger partial charge in [-0.05, 0) is 48.6 Å². The van der Waals surface area contributed by atoms with Gasteiger partial charge < -0.3 is 9.64 Å². The Hall–Kier alpha value is -2.63. The molecule has 1 aliphatic heterocycles. The number of para-hydroxylation sites is 1. The van der Waals surface area contributed by atoms with E-state index in [1.165, 1.54) is 11.6 Å². The van der Waals surface area contributed by atoms with E-state index >= 15 is 0 Å². The second-order valence-electron chi connectivity index (χ2n) is 5.90. The topological polar surface area (TPSA) is 55.6 Å². The van der Waals surface area contributed by atoms with Crippen molar-refractivity contribution in [3.8, 4) is 5.75 Å². The summed E-state index contributed by atoms with van der Waals surface area (Å²) in [4.78, 5) is 12.4. The van der Waals surface area contributed by atoms with Crippen molar-refractivity contribution in [2.75, 3.05) is 25.1 Å². The Balaban J connectivity index is 1.76. The third-order valence-electron chi connectivity index (χ3n) is 4.55. The van der Waals surface area contributed by atoms with Gasteiger partial charge in [-0.2, -0.15) is 4.39 Å². The molecule has 2 aromatic rings. The highest BCUT2D eigenvalue weighted by Crippen LogP contribution is 2.36. The van der Waals surface area contributed by atoms with Gasteiger partial charge in [0.05, 0.1) is 12.0 Å². The van der Waals surface area contributed by atoms with E-state index < -0.39 is 16.4 Å². The fraction of sp³-hybridized carbons (Fsp3) is 0.333. The highest BCUT2D eigenvalue weighted by atomic mass is 19.1. The molecule has 6 heteroatoms. The van der Waals surface area contributed by atoms with Crippen LogP contribution in [-0.4, -0.2) is 25.1 Å². The second-order valence-corrected chi connectivity index (χ2v) is 5.90. The Bertz CT molecular complexity index is 743. The number of hydrogen-bond donors (Lipinski definition) is 0. The molecule has 1 saturated heterocycles. The van der Waals surface area contributed by atoms with Gasteiger partial charge in [0.1, 0.15) is 11.4 Å². The maximum absolute atomic E-state index is 13.8. The Kier molecular flexibility index (Phi) is 4.64. The van der Waals surface area contributed by atoms with Gasteiger partial charge in [-0.3, -0.25) is 10.1 Å². The molecule has 0 unspecified atom stereocenters. The third-order valence-corrected chi connectivity index (χ3v) is 4.55. The average molecular weight is 330 g/mol. The molecule has 24 heavy (non-hydrogen) atoms. The Morgan fingerprint density at radius 1 is 1.21 bits per heavy atom. The van der Waals surface area contributed by atoms with Crippen LogP contribution in [-0.2, 0) is 0 Å². The van der Waals surface area contributed by atoms with Crippen LogP contribution in [0.25, 0.3) is 0 Å². The number of piperidine rings is 1. The number of nitrogens with zero attached hydrogens (tertiary/aromatic N) is 2. The van der Waals surface area contributed by atoms with E-state index in [-0.39, 0.29) is 0 Å². The van der Waals surface area contributed by atoms with E-state index in [4.69, 9.17) is 4.74 Å². The first-order valence-corrected chi connectivity index (χ1v) is 7.92. The second kappa shape index (κ2) is 6.86. The molecular formula is C18H19FN2O3. The summed E-state index contributed by atoms with van der Waals surface area (Å²) in [5, 5.41) is 11.2. The molecule has 0 N–H and O–H groups in total. The van der Waals surface area contributed by atoms with Gasteiger partial charge in [-0.15, -0.1) is 0 Å². The largest absolute Gasteiger partial charge is 0.497 e. The number of methoxy groups -OCH3 is 1. The van der Waals surface area contributed by atoms with Crippen LogP contribution in [0.2, 0.25) is 0 Å². The zero-order valence-corrected chi connectivity index (χ0v) is 13.4. The summed E-state index contributed by atoms with van der Waals surface area (Å²) in [6.45, 7) is 1.32. The van der Waals surface area contributed by atoms with Crippen LogP contribution in [0.5, 0.6) is 5.75 Å². The molecule has 0 amide bonds. The van der Waals surface area contributed by atoms with Gasteiger partial charge >= 0.3 is 5.69 Å². The smallest absolute Gasteiger partial charge is 0.327 e. The van der Waals surface area contributed by atoms with Gasteiger partial charge in [0, 0.05) is 13.1 Å². The van der Waals surface area contributed by atoms with Crippen molar-refractivity contribution < 1.29 is 14.1 Å². The van der Waals surface area contributed by atoms with E-state index in [0.717, 1.165) is 24.7 Å². The molecule has 1 fully saturated rings. The van der Waals surface area contributed by atoms with Crippen LogP contribution >= 0.6 is 0 Å². The summed E-state index contributed by atoms with van der Waals surface area (Å²) in [6, 6.07) is 12.3. The standard InChI is InChI=1S/C18H19FN2O3/c1-24-15-5-2-4-14(12-15)13-8-10-20(11-9-13)17-7-3-6-16(19)18(17)21(22)23/h2-7,12-13H,8-11H2,1H3. The summed E-state index contributed by atoms with van der Waals surface area (Å²) in [5.41, 5.74) is 1.14. The van der Waals surface area contributed by atoms with Crippen molar-refractivity contribution in [1.82, 2.24) is 0 Å². The molecule has 0 radical (unpaired) electrons. The molecule has 3 rings (SSSR count). The predicted molar refractivity (Wildman–Crippen MR) is 90.2 cm³/mol. The van der Waals surface area contributed by atoms with Crippen LogP contribution in [0.3, 0.4) is 0 Å². The van der Waals surface area contributed by atoms with Gasteiger partial charge in [-0.1, -0.05) is 18.2 Å². The first kappa shape index (κ1) is 16.2. The lowest BCUT2D eigenvalue weighted by Gasteiger charge is -2.33. The average Bonchev–Trinajstić information content (AvgIpc) is 2.61. The molecule has 0 aromatic heterocycles. The molecule has 1 aliphatic rings. The minimum Gasteiger partial charge on any atom is -0.497 e. The molecule has 0 bridgehead atoms. The first-order chi connectivity index (χ1) is 11.6. The van der Waals surface area contributed by atoms with Crippen LogP contribution < -0.4 is 9.64 Å². The predicted octanol–water partition coefficient (Wildman–Crippen LogP) is 4.13. The van der Waals surface area contributed by atoms with E-state index in [0.29, 0.717) is 24.7 Å². The summed E-state index contributed by atoms with van der Waals surface area (Å²) < 4.78 is 19.1. The number of nitro benzene ring substituents is 1. The van der Waals surface area contributed by atoms with E-state index in [1.54, 1.807) is 13.2 Å². The van der Waals surface area contributed by atoms with E-state index in [9.17, 15) is 14.5 Å². The lowest BCUT2D eigenvalue weighted by atomic mass is 9.89. The van der Waals surface area contributed by atoms with Crippen molar-refractivity contribution >= 4 is 11.4 Å². The zero-order chi connectivity index (χ0) is 17.1. The minimum absolute atomic E-state index is 0.365. The summed E-state index contributed by atoms with van der Waals surface area (Å²) in [7, 11) is 1.64. The molecule has 2 aromatic carbocycles. The number of hydrogen-bond acceptors (Lipinski definition) is 4. The number of nitro groups is 1. The Morgan fingerprint density at radius 3 is 2.58 bits per heavy atom. The number of rotatable bonds is 4. The first-order valence-electron chi connectivity index (χ1n) is 7.92. The summed E-state index contributed by atoms with van der Waals surface area (Å²) in [5.74, 6) is 0.423. The zero-order valence-electron chi connectivity index (χ0n) is 13.4. The Morgan fingerprint density at radius 2 is 1.92 bits per heavy atom. The highest BCUT2D eigenvalue weighted by molar-refractivity contribution is 5.64. The molecule has 126 valence electrons. The molecule has 0 spiro atoms. The van der Waals surface area contributed by atoms with Gasteiger partial charge in [0.25, 0.3) is 0 Å². The molecule has 0 saturated carbocycles. The monoisotopic (exact) mass is 330 g/mol. The molecular weight excluding hydrogens is 311 g/mol. The van der Waals surface area contributed by atoms with Crippen molar-refractivity contribution in [2.24, 2.45) is 0 Å². The molecule has 1 heterocycles. The van der Waals surface area contributed by atoms with Crippen molar-refractivity contribution in [1.29, 1.82) is 0 Å². The molecule has 0 aliphatic carbocycles. The number of halogens is 1. The molecule has 0 atom stereocenters. The van der Waals surface area contributed by atoms with Crippen molar-refractivity contribution in [2.45, 2.75) is 18.8 Å². The Labute approximate surface area is 139 Å². The van der Waals surface area contributed by atoms with Crippen LogP contribution in [0.4, 0.5) is 15.8 Å². The maximum atomic E-state index is 13.8. The number of ether oxygens (including phenoxy) is 1. The molecule has 5 nitrogen and oxygen atoms in total. The lowest BCUT2D eigenvalue weighted by Crippen LogP contribution is -2.33. The normalized spacial score (nSPS) is 15.3. The third kappa shape index (κ3) is 3.18. The number of benzene rings is 2. The van der Waals surface area contributed by atoms with Gasteiger partial charge in [-0.25, -0.2) is 0 Å².